The molecule has 1 saturated carbocycles. The molecule has 0 bridgehead atoms. The molecule has 1 rings (SSSR count). The first-order valence-corrected chi connectivity index (χ1v) is 7.67. The van der Waals surface area contributed by atoms with Gasteiger partial charge in [-0.15, -0.1) is 0 Å². The standard InChI is InChI=1S/C16H29N/c1-3-5-6-7-11-16(14-17)12-9-15(8-4-2)10-13-16/h15H,3-13H2,1-2H3. The van der Waals surface area contributed by atoms with Crippen LogP contribution in [0.5, 0.6) is 0 Å². The maximum Gasteiger partial charge on any atom is 0.0689 e. The summed E-state index contributed by atoms with van der Waals surface area (Å²) in [7, 11) is 0. The highest BCUT2D eigenvalue weighted by atomic mass is 14.4. The van der Waals surface area contributed by atoms with E-state index in [0.29, 0.717) is 0 Å². The molecule has 1 nitrogen and oxygen atoms in total. The molecule has 0 heterocycles. The number of rotatable bonds is 7. The van der Waals surface area contributed by atoms with Gasteiger partial charge in [-0.3, -0.25) is 0 Å². The molecule has 0 unspecified atom stereocenters. The quantitative estimate of drug-likeness (QED) is 0.538. The lowest BCUT2D eigenvalue weighted by molar-refractivity contribution is 0.185. The van der Waals surface area contributed by atoms with Crippen molar-refractivity contribution in [1.29, 1.82) is 5.26 Å². The molecule has 0 spiro atoms. The van der Waals surface area contributed by atoms with Crippen LogP contribution in [0, 0.1) is 22.7 Å². The lowest BCUT2D eigenvalue weighted by Crippen LogP contribution is -2.26. The number of unbranched alkanes of at least 4 members (excludes halogenated alkanes) is 3. The topological polar surface area (TPSA) is 23.8 Å². The van der Waals surface area contributed by atoms with Crippen LogP contribution < -0.4 is 0 Å². The predicted molar refractivity (Wildman–Crippen MR) is 73.7 cm³/mol. The van der Waals surface area contributed by atoms with Crippen molar-refractivity contribution in [2.24, 2.45) is 11.3 Å². The van der Waals surface area contributed by atoms with E-state index in [1.54, 1.807) is 0 Å². The molecule has 0 aromatic carbocycles. The zero-order chi connectivity index (χ0) is 12.6. The van der Waals surface area contributed by atoms with Crippen molar-refractivity contribution in [3.05, 3.63) is 0 Å². The van der Waals surface area contributed by atoms with E-state index in [2.05, 4.69) is 19.9 Å². The van der Waals surface area contributed by atoms with Crippen molar-refractivity contribution < 1.29 is 0 Å². The van der Waals surface area contributed by atoms with Gasteiger partial charge in [0.1, 0.15) is 0 Å². The molecule has 0 saturated heterocycles. The van der Waals surface area contributed by atoms with Gasteiger partial charge in [0.25, 0.3) is 0 Å². The third kappa shape index (κ3) is 4.70. The van der Waals surface area contributed by atoms with Crippen LogP contribution in [0.1, 0.15) is 84.5 Å². The van der Waals surface area contributed by atoms with Crippen LogP contribution in [-0.4, -0.2) is 0 Å². The highest BCUT2D eigenvalue weighted by molar-refractivity contribution is 5.01. The minimum atomic E-state index is 0.0536. The van der Waals surface area contributed by atoms with Crippen LogP contribution in [0.15, 0.2) is 0 Å². The van der Waals surface area contributed by atoms with E-state index in [4.69, 9.17) is 0 Å². The van der Waals surface area contributed by atoms with Crippen molar-refractivity contribution >= 4 is 0 Å². The second-order valence-corrected chi connectivity index (χ2v) is 5.93. The molecule has 0 aromatic rings. The molecular weight excluding hydrogens is 206 g/mol. The van der Waals surface area contributed by atoms with Gasteiger partial charge in [0.15, 0.2) is 0 Å². The first-order valence-electron chi connectivity index (χ1n) is 7.67. The second kappa shape index (κ2) is 7.75. The average molecular weight is 235 g/mol. The lowest BCUT2D eigenvalue weighted by Gasteiger charge is -2.35. The number of nitrogens with zero attached hydrogens (tertiary/aromatic N) is 1. The Bertz CT molecular complexity index is 225. The van der Waals surface area contributed by atoms with Gasteiger partial charge >= 0.3 is 0 Å². The van der Waals surface area contributed by atoms with Gasteiger partial charge in [-0.2, -0.15) is 5.26 Å². The number of hydrogen-bond donors (Lipinski definition) is 0. The first kappa shape index (κ1) is 14.6. The Morgan fingerprint density at radius 1 is 1.06 bits per heavy atom. The van der Waals surface area contributed by atoms with E-state index in [-0.39, 0.29) is 5.41 Å². The zero-order valence-electron chi connectivity index (χ0n) is 11.8. The molecule has 1 aliphatic rings. The van der Waals surface area contributed by atoms with Gasteiger partial charge in [-0.05, 0) is 38.0 Å². The van der Waals surface area contributed by atoms with Crippen LogP contribution in [0.25, 0.3) is 0 Å². The molecule has 0 amide bonds. The normalized spacial score (nSPS) is 28.9. The Morgan fingerprint density at radius 2 is 1.76 bits per heavy atom. The van der Waals surface area contributed by atoms with Crippen molar-refractivity contribution in [2.75, 3.05) is 0 Å². The van der Waals surface area contributed by atoms with E-state index >= 15 is 0 Å². The SMILES string of the molecule is CCCCCCC1(C#N)CCC(CCC)CC1. The molecule has 17 heavy (non-hydrogen) atoms. The second-order valence-electron chi connectivity index (χ2n) is 5.93. The van der Waals surface area contributed by atoms with Crippen molar-refractivity contribution in [3.8, 4) is 6.07 Å². The predicted octanol–water partition coefficient (Wildman–Crippen LogP) is 5.46. The van der Waals surface area contributed by atoms with Gasteiger partial charge in [0.2, 0.25) is 0 Å². The molecule has 0 aromatic heterocycles. The van der Waals surface area contributed by atoms with Crippen LogP contribution >= 0.6 is 0 Å². The van der Waals surface area contributed by atoms with Gasteiger partial charge in [-0.1, -0.05) is 52.4 Å². The Kier molecular flexibility index (Phi) is 6.63. The molecular formula is C16H29N. The molecule has 98 valence electrons. The van der Waals surface area contributed by atoms with Crippen molar-refractivity contribution in [2.45, 2.75) is 84.5 Å². The fourth-order valence-electron chi connectivity index (χ4n) is 3.23. The van der Waals surface area contributed by atoms with Crippen LogP contribution in [0.3, 0.4) is 0 Å². The molecule has 0 N–H and O–H groups in total. The van der Waals surface area contributed by atoms with E-state index in [9.17, 15) is 5.26 Å². The van der Waals surface area contributed by atoms with Gasteiger partial charge < -0.3 is 0 Å². The molecule has 0 atom stereocenters. The summed E-state index contributed by atoms with van der Waals surface area (Å²) in [6, 6.07) is 2.66. The highest BCUT2D eigenvalue weighted by Crippen LogP contribution is 2.43. The van der Waals surface area contributed by atoms with Crippen molar-refractivity contribution in [1.82, 2.24) is 0 Å². The highest BCUT2D eigenvalue weighted by Gasteiger charge is 2.34. The van der Waals surface area contributed by atoms with Crippen LogP contribution in [0.4, 0.5) is 0 Å². The summed E-state index contributed by atoms with van der Waals surface area (Å²) in [5, 5.41) is 9.46. The summed E-state index contributed by atoms with van der Waals surface area (Å²) in [5.41, 5.74) is 0.0536. The Hall–Kier alpha value is -0.510. The Balaban J connectivity index is 2.31. The number of hydrogen-bond acceptors (Lipinski definition) is 1. The smallest absolute Gasteiger partial charge is 0.0689 e. The van der Waals surface area contributed by atoms with Gasteiger partial charge in [-0.25, -0.2) is 0 Å². The van der Waals surface area contributed by atoms with Crippen LogP contribution in [0.2, 0.25) is 0 Å². The molecule has 0 radical (unpaired) electrons. The monoisotopic (exact) mass is 235 g/mol. The summed E-state index contributed by atoms with van der Waals surface area (Å²) in [5.74, 6) is 0.914. The van der Waals surface area contributed by atoms with E-state index in [1.165, 1.54) is 64.2 Å². The fraction of sp³-hybridized carbons (Fsp3) is 0.938. The van der Waals surface area contributed by atoms with Crippen LogP contribution in [-0.2, 0) is 0 Å². The zero-order valence-corrected chi connectivity index (χ0v) is 11.8. The summed E-state index contributed by atoms with van der Waals surface area (Å²) in [6.45, 7) is 4.52. The summed E-state index contributed by atoms with van der Waals surface area (Å²) >= 11 is 0. The first-order chi connectivity index (χ1) is 8.26. The minimum absolute atomic E-state index is 0.0536. The minimum Gasteiger partial charge on any atom is -0.198 e. The Morgan fingerprint density at radius 3 is 2.29 bits per heavy atom. The van der Waals surface area contributed by atoms with E-state index in [0.717, 1.165) is 12.3 Å². The molecule has 1 heteroatoms. The summed E-state index contributed by atoms with van der Waals surface area (Å²) < 4.78 is 0. The summed E-state index contributed by atoms with van der Waals surface area (Å²) in [4.78, 5) is 0. The molecule has 0 aliphatic heterocycles. The molecule has 1 aliphatic carbocycles. The third-order valence-corrected chi connectivity index (χ3v) is 4.51. The molecule has 1 fully saturated rings. The number of nitriles is 1. The lowest BCUT2D eigenvalue weighted by atomic mass is 9.68. The van der Waals surface area contributed by atoms with Gasteiger partial charge in [0.05, 0.1) is 11.5 Å². The fourth-order valence-corrected chi connectivity index (χ4v) is 3.23. The largest absolute Gasteiger partial charge is 0.198 e. The average Bonchev–Trinajstić information content (AvgIpc) is 2.37. The maximum absolute atomic E-state index is 9.46. The Labute approximate surface area is 108 Å². The maximum atomic E-state index is 9.46. The van der Waals surface area contributed by atoms with Crippen molar-refractivity contribution in [3.63, 3.8) is 0 Å². The van der Waals surface area contributed by atoms with E-state index < -0.39 is 0 Å². The van der Waals surface area contributed by atoms with Gasteiger partial charge in [0, 0.05) is 0 Å². The summed E-state index contributed by atoms with van der Waals surface area (Å²) in [6.07, 6.45) is 14.0. The van der Waals surface area contributed by atoms with E-state index in [1.807, 2.05) is 0 Å². The third-order valence-electron chi connectivity index (χ3n) is 4.51.